The molecule has 0 bridgehead atoms. The van der Waals surface area contributed by atoms with Crippen LogP contribution in [0.25, 0.3) is 11.0 Å². The van der Waals surface area contributed by atoms with Crippen molar-refractivity contribution in [3.63, 3.8) is 0 Å². The number of H-pyrrole nitrogens is 1. The molecule has 1 aliphatic heterocycles. The van der Waals surface area contributed by atoms with Gasteiger partial charge in [-0.2, -0.15) is 0 Å². The number of fused-ring (bicyclic) bond motifs is 3. The number of hydrogen-bond acceptors (Lipinski definition) is 3. The molecule has 3 aromatic rings. The summed E-state index contributed by atoms with van der Waals surface area (Å²) < 4.78 is 56.1. The summed E-state index contributed by atoms with van der Waals surface area (Å²) in [5.74, 6) is -0.376. The molecule has 1 fully saturated rings. The third kappa shape index (κ3) is 4.73. The second-order valence-corrected chi connectivity index (χ2v) is 9.48. The summed E-state index contributed by atoms with van der Waals surface area (Å²) >= 11 is 0. The first kappa shape index (κ1) is 23.6. The van der Waals surface area contributed by atoms with Crippen LogP contribution in [0.15, 0.2) is 30.5 Å². The van der Waals surface area contributed by atoms with Crippen LogP contribution >= 0.6 is 0 Å². The van der Waals surface area contributed by atoms with Crippen molar-refractivity contribution in [2.24, 2.45) is 5.92 Å². The number of halogens is 4. The average Bonchev–Trinajstić information content (AvgIpc) is 3.21. The van der Waals surface area contributed by atoms with Crippen molar-refractivity contribution in [3.05, 3.63) is 58.7 Å². The maximum absolute atomic E-state index is 15.2. The zero-order valence-electron chi connectivity index (χ0n) is 19.4. The molecule has 9 heteroatoms. The summed E-state index contributed by atoms with van der Waals surface area (Å²) in [5, 5.41) is 0.920. The fraction of sp³-hybridized carbons (Fsp3) is 0.462. The van der Waals surface area contributed by atoms with E-state index in [4.69, 9.17) is 0 Å². The van der Waals surface area contributed by atoms with E-state index >= 15 is 4.39 Å². The van der Waals surface area contributed by atoms with Crippen LogP contribution in [0, 0.1) is 11.7 Å². The standard InChI is InChI=1S/C26H27F4N3O2/c1-2-15-3-8-21-19(13-15)23-22(20(27)14-31-24(23)32-21)16-9-11-33(12-10-16)25(34)17-4-6-18(7-5-17)35-26(28,29)30/h4-7,14-16H,2-3,8-13H2,1H3,(H,31,32)/t15-/m0/s1. The number of nitrogens with zero attached hydrogens (tertiary/aromatic N) is 2. The quantitative estimate of drug-likeness (QED) is 0.448. The van der Waals surface area contributed by atoms with Gasteiger partial charge in [0.2, 0.25) is 0 Å². The molecule has 186 valence electrons. The molecule has 2 aromatic heterocycles. The molecule has 1 N–H and O–H groups in total. The van der Waals surface area contributed by atoms with Gasteiger partial charge in [0.1, 0.15) is 17.2 Å². The van der Waals surface area contributed by atoms with Gasteiger partial charge in [0.15, 0.2) is 0 Å². The van der Waals surface area contributed by atoms with E-state index in [1.54, 1.807) is 4.90 Å². The highest BCUT2D eigenvalue weighted by Gasteiger charge is 2.32. The highest BCUT2D eigenvalue weighted by Crippen LogP contribution is 2.40. The van der Waals surface area contributed by atoms with Crippen LogP contribution in [0.3, 0.4) is 0 Å². The zero-order chi connectivity index (χ0) is 24.7. The van der Waals surface area contributed by atoms with Crippen molar-refractivity contribution >= 4 is 16.9 Å². The van der Waals surface area contributed by atoms with Crippen LogP contribution in [-0.4, -0.2) is 40.2 Å². The van der Waals surface area contributed by atoms with Crippen LogP contribution in [0.5, 0.6) is 5.75 Å². The van der Waals surface area contributed by atoms with E-state index in [1.165, 1.54) is 23.9 Å². The first-order valence-electron chi connectivity index (χ1n) is 12.1. The molecule has 1 saturated heterocycles. The molecule has 1 aromatic carbocycles. The van der Waals surface area contributed by atoms with Gasteiger partial charge in [-0.3, -0.25) is 4.79 Å². The minimum Gasteiger partial charge on any atom is -0.406 e. The third-order valence-electron chi connectivity index (χ3n) is 7.40. The highest BCUT2D eigenvalue weighted by molar-refractivity contribution is 5.94. The lowest BCUT2D eigenvalue weighted by Gasteiger charge is -2.33. The Morgan fingerprint density at radius 2 is 1.89 bits per heavy atom. The molecule has 0 saturated carbocycles. The predicted molar refractivity (Wildman–Crippen MR) is 123 cm³/mol. The number of ether oxygens (including phenoxy) is 1. The Kier molecular flexibility index (Phi) is 6.19. The Labute approximate surface area is 200 Å². The topological polar surface area (TPSA) is 58.2 Å². The molecule has 1 atom stereocenters. The van der Waals surface area contributed by atoms with Crippen LogP contribution < -0.4 is 4.74 Å². The number of alkyl halides is 3. The number of aromatic nitrogens is 2. The van der Waals surface area contributed by atoms with E-state index in [9.17, 15) is 18.0 Å². The van der Waals surface area contributed by atoms with Gasteiger partial charge in [0.05, 0.1) is 6.20 Å². The molecule has 5 rings (SSSR count). The van der Waals surface area contributed by atoms with Gasteiger partial charge < -0.3 is 14.6 Å². The van der Waals surface area contributed by atoms with Gasteiger partial charge in [-0.1, -0.05) is 13.3 Å². The minimum atomic E-state index is -4.78. The zero-order valence-corrected chi connectivity index (χ0v) is 19.4. The number of piperidine rings is 1. The van der Waals surface area contributed by atoms with Crippen LogP contribution in [0.4, 0.5) is 17.6 Å². The first-order chi connectivity index (χ1) is 16.7. The van der Waals surface area contributed by atoms with E-state index in [2.05, 4.69) is 21.6 Å². The predicted octanol–water partition coefficient (Wildman–Crippen LogP) is 6.14. The number of benzene rings is 1. The molecule has 0 unspecified atom stereocenters. The lowest BCUT2D eigenvalue weighted by atomic mass is 9.81. The molecule has 1 aliphatic carbocycles. The molecule has 5 nitrogen and oxygen atoms in total. The van der Waals surface area contributed by atoms with Crippen LogP contribution in [0.1, 0.15) is 65.7 Å². The van der Waals surface area contributed by atoms with E-state index in [-0.39, 0.29) is 23.4 Å². The van der Waals surface area contributed by atoms with Crippen LogP contribution in [0.2, 0.25) is 0 Å². The SMILES string of the molecule is CC[C@H]1CCc2[nH]c3ncc(F)c(C4CCN(C(=O)c5ccc(OC(F)(F)F)cc5)CC4)c3c2C1. The third-order valence-corrected chi connectivity index (χ3v) is 7.40. The van der Waals surface area contributed by atoms with Crippen LogP contribution in [-0.2, 0) is 12.8 Å². The number of carbonyl (C=O) groups excluding carboxylic acids is 1. The minimum absolute atomic E-state index is 0.0333. The number of aromatic amines is 1. The molecule has 2 aliphatic rings. The van der Waals surface area contributed by atoms with E-state index in [0.717, 1.165) is 54.5 Å². The molecular formula is C26H27F4N3O2. The second-order valence-electron chi connectivity index (χ2n) is 9.48. The van der Waals surface area contributed by atoms with Gasteiger partial charge >= 0.3 is 6.36 Å². The number of aryl methyl sites for hydroxylation is 1. The fourth-order valence-electron chi connectivity index (χ4n) is 5.55. The van der Waals surface area contributed by atoms with Crippen molar-refractivity contribution in [1.82, 2.24) is 14.9 Å². The molecule has 0 spiro atoms. The van der Waals surface area contributed by atoms with Crippen molar-refractivity contribution in [2.75, 3.05) is 13.1 Å². The Morgan fingerprint density at radius 3 is 2.54 bits per heavy atom. The molecule has 35 heavy (non-hydrogen) atoms. The molecular weight excluding hydrogens is 462 g/mol. The van der Waals surface area contributed by atoms with Crippen molar-refractivity contribution in [2.45, 2.75) is 57.7 Å². The number of hydrogen-bond donors (Lipinski definition) is 1. The smallest absolute Gasteiger partial charge is 0.406 e. The lowest BCUT2D eigenvalue weighted by molar-refractivity contribution is -0.274. The molecule has 3 heterocycles. The summed E-state index contributed by atoms with van der Waals surface area (Å²) in [4.78, 5) is 22.3. The largest absolute Gasteiger partial charge is 0.573 e. The van der Waals surface area contributed by atoms with Gasteiger partial charge in [0, 0.05) is 35.3 Å². The van der Waals surface area contributed by atoms with E-state index < -0.39 is 6.36 Å². The molecule has 1 amide bonds. The number of carbonyl (C=O) groups is 1. The van der Waals surface area contributed by atoms with Crippen molar-refractivity contribution in [3.8, 4) is 5.75 Å². The maximum atomic E-state index is 15.2. The second kappa shape index (κ2) is 9.17. The number of likely N-dealkylation sites (tertiary alicyclic amines) is 1. The summed E-state index contributed by atoms with van der Waals surface area (Å²) in [7, 11) is 0. The Bertz CT molecular complexity index is 1230. The summed E-state index contributed by atoms with van der Waals surface area (Å²) in [6.07, 6.45) is 1.81. The average molecular weight is 490 g/mol. The normalized spacial score (nSPS) is 19.1. The summed E-state index contributed by atoms with van der Waals surface area (Å²) in [5.41, 5.74) is 4.09. The van der Waals surface area contributed by atoms with Gasteiger partial charge in [0.25, 0.3) is 5.91 Å². The van der Waals surface area contributed by atoms with E-state index in [1.807, 2.05) is 0 Å². The van der Waals surface area contributed by atoms with Gasteiger partial charge in [-0.25, -0.2) is 9.37 Å². The fourth-order valence-corrected chi connectivity index (χ4v) is 5.55. The number of rotatable bonds is 4. The van der Waals surface area contributed by atoms with Gasteiger partial charge in [-0.05, 0) is 73.8 Å². The maximum Gasteiger partial charge on any atom is 0.573 e. The van der Waals surface area contributed by atoms with Gasteiger partial charge in [-0.15, -0.1) is 13.2 Å². The first-order valence-corrected chi connectivity index (χ1v) is 12.1. The Morgan fingerprint density at radius 1 is 1.17 bits per heavy atom. The lowest BCUT2D eigenvalue weighted by Crippen LogP contribution is -2.38. The Balaban J connectivity index is 1.33. The number of pyridine rings is 1. The number of nitrogens with one attached hydrogen (secondary N) is 1. The molecule has 0 radical (unpaired) electrons. The Hall–Kier alpha value is -3.10. The summed E-state index contributed by atoms with van der Waals surface area (Å²) in [6.45, 7) is 3.07. The van der Waals surface area contributed by atoms with E-state index in [0.29, 0.717) is 43.0 Å². The van der Waals surface area contributed by atoms with Crippen molar-refractivity contribution in [1.29, 1.82) is 0 Å². The summed E-state index contributed by atoms with van der Waals surface area (Å²) in [6, 6.07) is 4.93. The highest BCUT2D eigenvalue weighted by atomic mass is 19.4. The van der Waals surface area contributed by atoms with Crippen molar-refractivity contribution < 1.29 is 27.1 Å². The number of amides is 1. The monoisotopic (exact) mass is 489 g/mol.